The summed E-state index contributed by atoms with van der Waals surface area (Å²) < 4.78 is 57.5. The summed E-state index contributed by atoms with van der Waals surface area (Å²) >= 11 is 0. The fraction of sp³-hybridized carbons (Fsp3) is 0.500. The lowest BCUT2D eigenvalue weighted by molar-refractivity contribution is 0.234. The van der Waals surface area contributed by atoms with Gasteiger partial charge in [-0.25, -0.2) is 8.78 Å². The van der Waals surface area contributed by atoms with Gasteiger partial charge >= 0.3 is 0 Å². The molecule has 0 spiro atoms. The second-order valence-electron chi connectivity index (χ2n) is 5.14. The van der Waals surface area contributed by atoms with Gasteiger partial charge in [0.05, 0.1) is 12.7 Å². The van der Waals surface area contributed by atoms with E-state index in [-0.39, 0.29) is 25.1 Å². The van der Waals surface area contributed by atoms with E-state index >= 15 is 0 Å². The number of nitrogens with one attached hydrogen (secondary N) is 1. The third kappa shape index (κ3) is 4.33. The number of nitriles is 1. The van der Waals surface area contributed by atoms with E-state index in [0.717, 1.165) is 0 Å². The molecule has 0 aliphatic carbocycles. The molecular formula is C14H16F4N2O. The lowest BCUT2D eigenvalue weighted by Gasteiger charge is -2.25. The maximum absolute atomic E-state index is 13.4. The highest BCUT2D eigenvalue weighted by atomic mass is 19.2. The Morgan fingerprint density at radius 1 is 1.24 bits per heavy atom. The van der Waals surface area contributed by atoms with E-state index in [9.17, 15) is 17.6 Å². The first-order chi connectivity index (χ1) is 9.70. The molecule has 0 saturated carbocycles. The van der Waals surface area contributed by atoms with Gasteiger partial charge in [0.15, 0.2) is 17.4 Å². The summed E-state index contributed by atoms with van der Waals surface area (Å²) in [6.45, 7) is 4.98. The normalized spacial score (nSPS) is 13.9. The van der Waals surface area contributed by atoms with Crippen LogP contribution in [0.5, 0.6) is 5.75 Å². The molecule has 0 amide bonds. The average Bonchev–Trinajstić information content (AvgIpc) is 2.39. The van der Waals surface area contributed by atoms with Crippen molar-refractivity contribution in [3.8, 4) is 11.8 Å². The van der Waals surface area contributed by atoms with Crippen molar-refractivity contribution in [1.29, 1.82) is 5.26 Å². The molecule has 116 valence electrons. The Kier molecular flexibility index (Phi) is 5.55. The predicted molar refractivity (Wildman–Crippen MR) is 68.7 cm³/mol. The van der Waals surface area contributed by atoms with Gasteiger partial charge in [0, 0.05) is 18.5 Å². The quantitative estimate of drug-likeness (QED) is 0.648. The Morgan fingerprint density at radius 3 is 2.19 bits per heavy atom. The summed E-state index contributed by atoms with van der Waals surface area (Å²) in [5.74, 6) is -7.37. The van der Waals surface area contributed by atoms with Crippen molar-refractivity contribution in [2.24, 2.45) is 0 Å². The van der Waals surface area contributed by atoms with Crippen molar-refractivity contribution >= 4 is 0 Å². The monoisotopic (exact) mass is 304 g/mol. The van der Waals surface area contributed by atoms with Crippen LogP contribution in [0.3, 0.4) is 0 Å². The number of benzene rings is 1. The maximum Gasteiger partial charge on any atom is 0.203 e. The van der Waals surface area contributed by atoms with Crippen molar-refractivity contribution in [2.75, 3.05) is 6.61 Å². The number of ether oxygens (including phenoxy) is 1. The largest absolute Gasteiger partial charge is 0.487 e. The molecule has 1 atom stereocenters. The minimum absolute atomic E-state index is 0.00902. The second-order valence-corrected chi connectivity index (χ2v) is 5.14. The van der Waals surface area contributed by atoms with Gasteiger partial charge in [-0.3, -0.25) is 5.32 Å². The fourth-order valence-corrected chi connectivity index (χ4v) is 1.83. The standard InChI is InChI=1S/C14H16F4N2O/c1-8(2)20-14(3,7-19)4-5-21-13-11(17)9(15)6-10(16)12(13)18/h6,8,20H,4-5H2,1-3H3. The van der Waals surface area contributed by atoms with Crippen LogP contribution in [0.4, 0.5) is 17.6 Å². The van der Waals surface area contributed by atoms with Gasteiger partial charge in [-0.05, 0) is 20.8 Å². The van der Waals surface area contributed by atoms with Crippen LogP contribution in [0.1, 0.15) is 27.2 Å². The first kappa shape index (κ1) is 17.2. The molecule has 1 N–H and O–H groups in total. The molecule has 1 unspecified atom stereocenters. The molecule has 1 rings (SSSR count). The lowest BCUT2D eigenvalue weighted by Crippen LogP contribution is -2.46. The first-order valence-corrected chi connectivity index (χ1v) is 6.35. The minimum Gasteiger partial charge on any atom is -0.487 e. The number of rotatable bonds is 6. The van der Waals surface area contributed by atoms with E-state index in [2.05, 4.69) is 5.32 Å². The van der Waals surface area contributed by atoms with Crippen LogP contribution in [0, 0.1) is 34.6 Å². The van der Waals surface area contributed by atoms with Gasteiger partial charge in [0.2, 0.25) is 11.6 Å². The van der Waals surface area contributed by atoms with Crippen LogP contribution in [-0.2, 0) is 0 Å². The molecule has 0 aromatic heterocycles. The summed E-state index contributed by atoms with van der Waals surface area (Å²) in [5.41, 5.74) is -0.979. The molecule has 3 nitrogen and oxygen atoms in total. The molecule has 1 aromatic rings. The maximum atomic E-state index is 13.4. The topological polar surface area (TPSA) is 45.0 Å². The van der Waals surface area contributed by atoms with Gasteiger partial charge in [0.1, 0.15) is 5.54 Å². The molecule has 0 radical (unpaired) electrons. The Hall–Kier alpha value is -1.81. The molecule has 0 fully saturated rings. The molecule has 7 heteroatoms. The Labute approximate surface area is 120 Å². The number of hydrogen-bond acceptors (Lipinski definition) is 3. The zero-order chi connectivity index (χ0) is 16.2. The SMILES string of the molecule is CC(C)NC(C)(C#N)CCOc1c(F)c(F)cc(F)c1F. The summed E-state index contributed by atoms with van der Waals surface area (Å²) in [7, 11) is 0. The fourth-order valence-electron chi connectivity index (χ4n) is 1.83. The van der Waals surface area contributed by atoms with E-state index < -0.39 is 34.6 Å². The molecule has 0 aliphatic rings. The van der Waals surface area contributed by atoms with E-state index in [4.69, 9.17) is 10.00 Å². The van der Waals surface area contributed by atoms with Crippen LogP contribution in [0.25, 0.3) is 0 Å². The summed E-state index contributed by atoms with van der Waals surface area (Å²) in [5, 5.41) is 12.1. The zero-order valence-electron chi connectivity index (χ0n) is 11.9. The van der Waals surface area contributed by atoms with Crippen LogP contribution in [-0.4, -0.2) is 18.2 Å². The Morgan fingerprint density at radius 2 is 1.76 bits per heavy atom. The lowest BCUT2D eigenvalue weighted by atomic mass is 9.99. The van der Waals surface area contributed by atoms with Gasteiger partial charge in [-0.15, -0.1) is 0 Å². The Balaban J connectivity index is 2.79. The summed E-state index contributed by atoms with van der Waals surface area (Å²) in [6, 6.07) is 2.14. The van der Waals surface area contributed by atoms with Crippen LogP contribution < -0.4 is 10.1 Å². The van der Waals surface area contributed by atoms with Gasteiger partial charge in [-0.1, -0.05) is 0 Å². The van der Waals surface area contributed by atoms with Gasteiger partial charge < -0.3 is 4.74 Å². The highest BCUT2D eigenvalue weighted by Gasteiger charge is 2.26. The molecule has 0 aliphatic heterocycles. The third-order valence-electron chi connectivity index (χ3n) is 2.77. The third-order valence-corrected chi connectivity index (χ3v) is 2.77. The predicted octanol–water partition coefficient (Wildman–Crippen LogP) is 3.29. The highest BCUT2D eigenvalue weighted by molar-refractivity contribution is 5.28. The van der Waals surface area contributed by atoms with Gasteiger partial charge in [0.25, 0.3) is 0 Å². The van der Waals surface area contributed by atoms with Crippen molar-refractivity contribution in [2.45, 2.75) is 38.8 Å². The molecule has 0 saturated heterocycles. The second kappa shape index (κ2) is 6.76. The Bertz CT molecular complexity index is 531. The molecular weight excluding hydrogens is 288 g/mol. The first-order valence-electron chi connectivity index (χ1n) is 6.35. The number of hydrogen-bond donors (Lipinski definition) is 1. The van der Waals surface area contributed by atoms with Crippen molar-refractivity contribution < 1.29 is 22.3 Å². The van der Waals surface area contributed by atoms with E-state index in [1.54, 1.807) is 6.92 Å². The molecule has 0 heterocycles. The molecule has 0 bridgehead atoms. The number of nitrogens with zero attached hydrogens (tertiary/aromatic N) is 1. The smallest absolute Gasteiger partial charge is 0.203 e. The van der Waals surface area contributed by atoms with Crippen molar-refractivity contribution in [3.63, 3.8) is 0 Å². The average molecular weight is 304 g/mol. The number of halogens is 4. The zero-order valence-corrected chi connectivity index (χ0v) is 11.9. The summed E-state index contributed by atoms with van der Waals surface area (Å²) in [6.07, 6.45) is 0.0820. The van der Waals surface area contributed by atoms with Gasteiger partial charge in [-0.2, -0.15) is 14.0 Å². The van der Waals surface area contributed by atoms with E-state index in [0.29, 0.717) is 0 Å². The van der Waals surface area contributed by atoms with E-state index in [1.165, 1.54) is 0 Å². The molecule has 1 aromatic carbocycles. The van der Waals surface area contributed by atoms with Crippen LogP contribution >= 0.6 is 0 Å². The van der Waals surface area contributed by atoms with Crippen molar-refractivity contribution in [1.82, 2.24) is 5.32 Å². The van der Waals surface area contributed by atoms with Crippen LogP contribution in [0.15, 0.2) is 6.07 Å². The van der Waals surface area contributed by atoms with Crippen LogP contribution in [0.2, 0.25) is 0 Å². The molecule has 21 heavy (non-hydrogen) atoms. The van der Waals surface area contributed by atoms with Crippen molar-refractivity contribution in [3.05, 3.63) is 29.3 Å². The van der Waals surface area contributed by atoms with E-state index in [1.807, 2.05) is 19.9 Å². The summed E-state index contributed by atoms with van der Waals surface area (Å²) in [4.78, 5) is 0. The minimum atomic E-state index is -1.59. The highest BCUT2D eigenvalue weighted by Crippen LogP contribution is 2.27.